The number of fused-ring (bicyclic) bond motifs is 2. The molecule has 0 aliphatic heterocycles. The van der Waals surface area contributed by atoms with Crippen LogP contribution in [-0.4, -0.2) is 12.6 Å². The molecule has 0 aromatic heterocycles. The molecule has 0 N–H and O–H groups in total. The van der Waals surface area contributed by atoms with E-state index in [9.17, 15) is 9.59 Å². The third kappa shape index (κ3) is 3.76. The van der Waals surface area contributed by atoms with Gasteiger partial charge in [-0.05, 0) is 65.5 Å². The summed E-state index contributed by atoms with van der Waals surface area (Å²) in [7, 11) is 0. The summed E-state index contributed by atoms with van der Waals surface area (Å²) in [4.78, 5) is 21.3. The lowest BCUT2D eigenvalue weighted by atomic mass is 10.1. The topological polar surface area (TPSA) is 34.1 Å². The van der Waals surface area contributed by atoms with Crippen LogP contribution < -0.4 is 0 Å². The fourth-order valence-electron chi connectivity index (χ4n) is 2.68. The normalized spacial score (nSPS) is 10.2. The molecule has 0 bridgehead atoms. The lowest BCUT2D eigenvalue weighted by Gasteiger charge is -2.01. The van der Waals surface area contributed by atoms with Crippen LogP contribution in [0.3, 0.4) is 0 Å². The molecule has 4 aromatic carbocycles. The van der Waals surface area contributed by atoms with Gasteiger partial charge >= 0.3 is 0 Å². The van der Waals surface area contributed by atoms with Crippen LogP contribution in [0.1, 0.15) is 20.7 Å². The lowest BCUT2D eigenvalue weighted by Crippen LogP contribution is -1.83. The maximum atomic E-state index is 10.6. The van der Waals surface area contributed by atoms with E-state index in [1.807, 2.05) is 72.8 Å². The van der Waals surface area contributed by atoms with Crippen LogP contribution >= 0.6 is 31.9 Å². The Morgan fingerprint density at radius 3 is 1.31 bits per heavy atom. The predicted octanol–water partition coefficient (Wildman–Crippen LogP) is 6.83. The molecule has 0 amide bonds. The second-order valence-corrected chi connectivity index (χ2v) is 7.20. The number of hydrogen-bond acceptors (Lipinski definition) is 2. The summed E-state index contributed by atoms with van der Waals surface area (Å²) in [5.74, 6) is 0. The first kappa shape index (κ1) is 18.5. The van der Waals surface area contributed by atoms with Crippen molar-refractivity contribution < 1.29 is 9.59 Å². The Labute approximate surface area is 168 Å². The largest absolute Gasteiger partial charge is 0.298 e. The van der Waals surface area contributed by atoms with Crippen molar-refractivity contribution in [1.82, 2.24) is 0 Å². The Hall–Kier alpha value is -2.30. The number of aldehydes is 2. The molecule has 4 rings (SSSR count). The van der Waals surface area contributed by atoms with E-state index < -0.39 is 0 Å². The van der Waals surface area contributed by atoms with Gasteiger partial charge in [-0.15, -0.1) is 0 Å². The number of hydrogen-bond donors (Lipinski definition) is 0. The van der Waals surface area contributed by atoms with Gasteiger partial charge in [-0.25, -0.2) is 0 Å². The number of carbonyl (C=O) groups excluding carboxylic acids is 2. The van der Waals surface area contributed by atoms with Crippen LogP contribution in [0.15, 0.2) is 81.7 Å². The van der Waals surface area contributed by atoms with Gasteiger partial charge in [0.05, 0.1) is 0 Å². The highest BCUT2D eigenvalue weighted by molar-refractivity contribution is 9.11. The summed E-state index contributed by atoms with van der Waals surface area (Å²) in [5.41, 5.74) is 1.39. The van der Waals surface area contributed by atoms with Gasteiger partial charge in [0.2, 0.25) is 0 Å². The fourth-order valence-corrected chi connectivity index (χ4v) is 3.86. The molecule has 0 spiro atoms. The van der Waals surface area contributed by atoms with Gasteiger partial charge in [-0.2, -0.15) is 0 Å². The summed E-state index contributed by atoms with van der Waals surface area (Å²) in [6, 6.07) is 23.4. The van der Waals surface area contributed by atoms with Crippen molar-refractivity contribution in [2.24, 2.45) is 0 Å². The minimum Gasteiger partial charge on any atom is -0.298 e. The highest BCUT2D eigenvalue weighted by atomic mass is 79.9. The maximum Gasteiger partial charge on any atom is 0.151 e. The van der Waals surface area contributed by atoms with E-state index in [2.05, 4.69) is 31.9 Å². The average molecular weight is 470 g/mol. The van der Waals surface area contributed by atoms with Crippen LogP contribution in [-0.2, 0) is 0 Å². The molecule has 26 heavy (non-hydrogen) atoms. The second kappa shape index (κ2) is 8.39. The van der Waals surface area contributed by atoms with Gasteiger partial charge < -0.3 is 0 Å². The Bertz CT molecular complexity index is 1010. The SMILES string of the molecule is O=Cc1ccc2ccccc2c1Br.O=Cc1ccc2ccccc2c1Br. The zero-order valence-electron chi connectivity index (χ0n) is 13.7. The molecule has 0 saturated carbocycles. The standard InChI is InChI=1S/2C11H7BrO/c2*12-11-9(7-13)6-5-8-3-1-2-4-10(8)11/h2*1-7H. The van der Waals surface area contributed by atoms with E-state index in [1.54, 1.807) is 0 Å². The van der Waals surface area contributed by atoms with Crippen LogP contribution in [0.4, 0.5) is 0 Å². The van der Waals surface area contributed by atoms with Crippen LogP contribution in [0.5, 0.6) is 0 Å². The molecule has 2 nitrogen and oxygen atoms in total. The molecule has 128 valence electrons. The summed E-state index contributed by atoms with van der Waals surface area (Å²) in [5, 5.41) is 4.43. The number of benzene rings is 4. The number of carbonyl (C=O) groups is 2. The van der Waals surface area contributed by atoms with Gasteiger partial charge in [-0.3, -0.25) is 9.59 Å². The molecular formula is C22H14Br2O2. The van der Waals surface area contributed by atoms with Crippen molar-refractivity contribution in [2.75, 3.05) is 0 Å². The van der Waals surface area contributed by atoms with Gasteiger partial charge in [0, 0.05) is 20.1 Å². The lowest BCUT2D eigenvalue weighted by molar-refractivity contribution is 0.111. The fraction of sp³-hybridized carbons (Fsp3) is 0. The van der Waals surface area contributed by atoms with E-state index >= 15 is 0 Å². The van der Waals surface area contributed by atoms with Crippen LogP contribution in [0.2, 0.25) is 0 Å². The van der Waals surface area contributed by atoms with E-state index in [-0.39, 0.29) is 0 Å². The third-order valence-corrected chi connectivity index (χ3v) is 5.81. The average Bonchev–Trinajstić information content (AvgIpc) is 2.70. The quantitative estimate of drug-likeness (QED) is 0.301. The number of rotatable bonds is 2. The molecule has 0 atom stereocenters. The highest BCUT2D eigenvalue weighted by Crippen LogP contribution is 2.27. The predicted molar refractivity (Wildman–Crippen MR) is 114 cm³/mol. The Kier molecular flexibility index (Phi) is 5.96. The van der Waals surface area contributed by atoms with Crippen LogP contribution in [0, 0.1) is 0 Å². The Balaban J connectivity index is 0.000000151. The second-order valence-electron chi connectivity index (χ2n) is 5.62. The third-order valence-electron chi connectivity index (χ3n) is 4.04. The van der Waals surface area contributed by atoms with Gasteiger partial charge in [0.15, 0.2) is 12.6 Å². The zero-order valence-corrected chi connectivity index (χ0v) is 16.8. The molecule has 0 saturated heterocycles. The minimum absolute atomic E-state index is 0.693. The Morgan fingerprint density at radius 2 is 0.923 bits per heavy atom. The molecule has 0 unspecified atom stereocenters. The monoisotopic (exact) mass is 468 g/mol. The van der Waals surface area contributed by atoms with Crippen molar-refractivity contribution in [1.29, 1.82) is 0 Å². The van der Waals surface area contributed by atoms with Crippen molar-refractivity contribution in [3.8, 4) is 0 Å². The van der Waals surface area contributed by atoms with E-state index in [4.69, 9.17) is 0 Å². The molecule has 4 aromatic rings. The van der Waals surface area contributed by atoms with E-state index in [0.717, 1.165) is 43.1 Å². The molecule has 0 radical (unpaired) electrons. The molecule has 4 heteroatoms. The Morgan fingerprint density at radius 1 is 0.538 bits per heavy atom. The van der Waals surface area contributed by atoms with Crippen molar-refractivity contribution in [3.05, 3.63) is 92.9 Å². The van der Waals surface area contributed by atoms with Crippen molar-refractivity contribution in [3.63, 3.8) is 0 Å². The van der Waals surface area contributed by atoms with Gasteiger partial charge in [0.1, 0.15) is 0 Å². The molecule has 0 fully saturated rings. The summed E-state index contributed by atoms with van der Waals surface area (Å²) in [6.45, 7) is 0. The van der Waals surface area contributed by atoms with Gasteiger partial charge in [-0.1, -0.05) is 60.7 Å². The zero-order chi connectivity index (χ0) is 18.5. The first-order chi connectivity index (χ1) is 12.7. The molecule has 0 heterocycles. The first-order valence-electron chi connectivity index (χ1n) is 7.90. The molecular weight excluding hydrogens is 456 g/mol. The highest BCUT2D eigenvalue weighted by Gasteiger charge is 2.03. The molecule has 0 aliphatic carbocycles. The van der Waals surface area contributed by atoms with E-state index in [0.29, 0.717) is 11.1 Å². The summed E-state index contributed by atoms with van der Waals surface area (Å²) < 4.78 is 1.75. The van der Waals surface area contributed by atoms with Crippen molar-refractivity contribution >= 4 is 66.0 Å². The minimum atomic E-state index is 0.693. The first-order valence-corrected chi connectivity index (χ1v) is 9.49. The van der Waals surface area contributed by atoms with E-state index in [1.165, 1.54) is 0 Å². The molecule has 0 aliphatic rings. The number of halogens is 2. The van der Waals surface area contributed by atoms with Gasteiger partial charge in [0.25, 0.3) is 0 Å². The van der Waals surface area contributed by atoms with Crippen molar-refractivity contribution in [2.45, 2.75) is 0 Å². The smallest absolute Gasteiger partial charge is 0.151 e. The van der Waals surface area contributed by atoms with Crippen LogP contribution in [0.25, 0.3) is 21.5 Å². The summed E-state index contributed by atoms with van der Waals surface area (Å²) in [6.07, 6.45) is 1.72. The summed E-state index contributed by atoms with van der Waals surface area (Å²) >= 11 is 6.82. The maximum absolute atomic E-state index is 10.6.